The fourth-order valence-electron chi connectivity index (χ4n) is 1.12. The molecular formula is C13H22. The molecule has 0 rings (SSSR count). The molecule has 0 heteroatoms. The normalized spacial score (nSPS) is 11.5. The average Bonchev–Trinajstić information content (AvgIpc) is 2.16. The van der Waals surface area contributed by atoms with Crippen molar-refractivity contribution < 1.29 is 0 Å². The maximum atomic E-state index is 3.67. The Balaban J connectivity index is 3.07. The zero-order valence-corrected chi connectivity index (χ0v) is 8.84. The zero-order valence-electron chi connectivity index (χ0n) is 8.84. The summed E-state index contributed by atoms with van der Waals surface area (Å²) < 4.78 is 0. The lowest BCUT2D eigenvalue weighted by Gasteiger charge is -1.92. The zero-order chi connectivity index (χ0) is 9.78. The molecule has 0 unspecified atom stereocenters. The fourth-order valence-corrected chi connectivity index (χ4v) is 1.12. The largest absolute Gasteiger partial charge is 0.103 e. The summed E-state index contributed by atoms with van der Waals surface area (Å²) in [6.45, 7) is 5.84. The van der Waals surface area contributed by atoms with E-state index in [1.165, 1.54) is 32.1 Å². The predicted octanol–water partition coefficient (Wildman–Crippen LogP) is 4.65. The standard InChI is InChI=1S/C13H22/c1-3-5-7-9-11-13-12-10-8-6-4-2/h3,6-9H,1,4-5,10-13H2,2H3. The predicted molar refractivity (Wildman–Crippen MR) is 61.9 cm³/mol. The maximum Gasteiger partial charge on any atom is -0.0172 e. The Labute approximate surface area is 83.0 Å². The minimum absolute atomic E-state index is 1.01. The van der Waals surface area contributed by atoms with Gasteiger partial charge in [-0.1, -0.05) is 37.3 Å². The summed E-state index contributed by atoms with van der Waals surface area (Å²) in [5.74, 6) is 0. The van der Waals surface area contributed by atoms with Gasteiger partial charge in [0.25, 0.3) is 0 Å². The Morgan fingerprint density at radius 2 is 1.54 bits per heavy atom. The lowest BCUT2D eigenvalue weighted by molar-refractivity contribution is 0.760. The van der Waals surface area contributed by atoms with Crippen LogP contribution < -0.4 is 0 Å². The van der Waals surface area contributed by atoms with Gasteiger partial charge >= 0.3 is 0 Å². The number of rotatable bonds is 8. The lowest BCUT2D eigenvalue weighted by atomic mass is 10.1. The maximum absolute atomic E-state index is 3.67. The molecule has 0 atom stereocenters. The highest BCUT2D eigenvalue weighted by molar-refractivity contribution is 4.88. The van der Waals surface area contributed by atoms with Crippen LogP contribution in [0.3, 0.4) is 0 Å². The molecule has 0 radical (unpaired) electrons. The molecule has 0 aliphatic heterocycles. The highest BCUT2D eigenvalue weighted by atomic mass is 13.9. The van der Waals surface area contributed by atoms with E-state index in [0.717, 1.165) is 6.42 Å². The summed E-state index contributed by atoms with van der Waals surface area (Å²) in [5.41, 5.74) is 0. The van der Waals surface area contributed by atoms with Gasteiger partial charge in [0, 0.05) is 0 Å². The Morgan fingerprint density at radius 3 is 2.08 bits per heavy atom. The molecule has 74 valence electrons. The second-order valence-corrected chi connectivity index (χ2v) is 3.16. The first-order valence-corrected chi connectivity index (χ1v) is 5.32. The molecule has 0 aromatic rings. The van der Waals surface area contributed by atoms with Gasteiger partial charge in [-0.3, -0.25) is 0 Å². The molecule has 0 fully saturated rings. The van der Waals surface area contributed by atoms with Crippen LogP contribution in [0.5, 0.6) is 0 Å². The van der Waals surface area contributed by atoms with Crippen LogP contribution in [0, 0.1) is 0 Å². The molecule has 0 aromatic heterocycles. The first kappa shape index (κ1) is 12.2. The quantitative estimate of drug-likeness (QED) is 0.375. The molecule has 0 N–H and O–H groups in total. The average molecular weight is 178 g/mol. The summed E-state index contributed by atoms with van der Waals surface area (Å²) in [4.78, 5) is 0. The van der Waals surface area contributed by atoms with Crippen molar-refractivity contribution in [2.45, 2.75) is 45.4 Å². The molecule has 13 heavy (non-hydrogen) atoms. The molecule has 0 aliphatic carbocycles. The number of allylic oxidation sites excluding steroid dienone is 5. The summed E-state index contributed by atoms with van der Waals surface area (Å²) in [6.07, 6.45) is 18.2. The third-order valence-corrected chi connectivity index (χ3v) is 1.86. The topological polar surface area (TPSA) is 0 Å². The molecule has 0 aliphatic rings. The molecule has 0 saturated heterocycles. The Bertz CT molecular complexity index is 151. The van der Waals surface area contributed by atoms with Crippen LogP contribution in [0.1, 0.15) is 45.4 Å². The minimum atomic E-state index is 1.01. The molecule has 0 saturated carbocycles. The molecule has 0 heterocycles. The molecule has 0 aromatic carbocycles. The van der Waals surface area contributed by atoms with Crippen LogP contribution in [-0.2, 0) is 0 Å². The van der Waals surface area contributed by atoms with Crippen molar-refractivity contribution in [3.05, 3.63) is 37.0 Å². The van der Waals surface area contributed by atoms with Crippen molar-refractivity contribution in [1.82, 2.24) is 0 Å². The van der Waals surface area contributed by atoms with Gasteiger partial charge in [-0.25, -0.2) is 0 Å². The third kappa shape index (κ3) is 11.2. The Kier molecular flexibility index (Phi) is 10.5. The van der Waals surface area contributed by atoms with E-state index in [1.807, 2.05) is 6.08 Å². The van der Waals surface area contributed by atoms with Crippen LogP contribution in [0.15, 0.2) is 37.0 Å². The van der Waals surface area contributed by atoms with Gasteiger partial charge < -0.3 is 0 Å². The number of hydrogen-bond donors (Lipinski definition) is 0. The van der Waals surface area contributed by atoms with Crippen molar-refractivity contribution in [3.63, 3.8) is 0 Å². The second-order valence-electron chi connectivity index (χ2n) is 3.16. The highest BCUT2D eigenvalue weighted by Crippen LogP contribution is 2.02. The SMILES string of the molecule is C=CCC=CCCCCC=CCC. The van der Waals surface area contributed by atoms with E-state index < -0.39 is 0 Å². The van der Waals surface area contributed by atoms with E-state index in [1.54, 1.807) is 0 Å². The molecule has 0 amide bonds. The smallest absolute Gasteiger partial charge is 0.0172 e. The van der Waals surface area contributed by atoms with Crippen LogP contribution in [-0.4, -0.2) is 0 Å². The van der Waals surface area contributed by atoms with E-state index >= 15 is 0 Å². The lowest BCUT2D eigenvalue weighted by Crippen LogP contribution is -1.72. The number of hydrogen-bond acceptors (Lipinski definition) is 0. The molecular weight excluding hydrogens is 156 g/mol. The molecule has 0 nitrogen and oxygen atoms in total. The summed E-state index contributed by atoms with van der Waals surface area (Å²) in [6, 6.07) is 0. The van der Waals surface area contributed by atoms with E-state index in [4.69, 9.17) is 0 Å². The van der Waals surface area contributed by atoms with Crippen LogP contribution >= 0.6 is 0 Å². The molecule has 0 bridgehead atoms. The first-order valence-electron chi connectivity index (χ1n) is 5.32. The summed E-state index contributed by atoms with van der Waals surface area (Å²) >= 11 is 0. The van der Waals surface area contributed by atoms with Crippen LogP contribution in [0.25, 0.3) is 0 Å². The van der Waals surface area contributed by atoms with Crippen molar-refractivity contribution in [2.75, 3.05) is 0 Å². The van der Waals surface area contributed by atoms with Crippen molar-refractivity contribution >= 4 is 0 Å². The van der Waals surface area contributed by atoms with Gasteiger partial charge in [-0.2, -0.15) is 0 Å². The van der Waals surface area contributed by atoms with Crippen molar-refractivity contribution in [2.24, 2.45) is 0 Å². The molecule has 0 spiro atoms. The first-order chi connectivity index (χ1) is 6.41. The van der Waals surface area contributed by atoms with E-state index in [-0.39, 0.29) is 0 Å². The van der Waals surface area contributed by atoms with E-state index in [9.17, 15) is 0 Å². The third-order valence-electron chi connectivity index (χ3n) is 1.86. The van der Waals surface area contributed by atoms with E-state index in [0.29, 0.717) is 0 Å². The van der Waals surface area contributed by atoms with Gasteiger partial charge in [-0.15, -0.1) is 6.58 Å². The minimum Gasteiger partial charge on any atom is -0.103 e. The van der Waals surface area contributed by atoms with E-state index in [2.05, 4.69) is 37.8 Å². The van der Waals surface area contributed by atoms with Gasteiger partial charge in [0.05, 0.1) is 0 Å². The summed E-state index contributed by atoms with van der Waals surface area (Å²) in [5, 5.41) is 0. The summed E-state index contributed by atoms with van der Waals surface area (Å²) in [7, 11) is 0. The Morgan fingerprint density at radius 1 is 0.923 bits per heavy atom. The van der Waals surface area contributed by atoms with Crippen molar-refractivity contribution in [1.29, 1.82) is 0 Å². The highest BCUT2D eigenvalue weighted by Gasteiger charge is 1.82. The van der Waals surface area contributed by atoms with Gasteiger partial charge in [0.2, 0.25) is 0 Å². The van der Waals surface area contributed by atoms with Crippen molar-refractivity contribution in [3.8, 4) is 0 Å². The Hall–Kier alpha value is -0.780. The monoisotopic (exact) mass is 178 g/mol. The fraction of sp³-hybridized carbons (Fsp3) is 0.538. The van der Waals surface area contributed by atoms with Crippen LogP contribution in [0.4, 0.5) is 0 Å². The van der Waals surface area contributed by atoms with Gasteiger partial charge in [0.15, 0.2) is 0 Å². The number of unbranched alkanes of at least 4 members (excludes halogenated alkanes) is 3. The van der Waals surface area contributed by atoms with Crippen LogP contribution in [0.2, 0.25) is 0 Å². The van der Waals surface area contributed by atoms with Gasteiger partial charge in [0.1, 0.15) is 0 Å². The van der Waals surface area contributed by atoms with Gasteiger partial charge in [-0.05, 0) is 38.5 Å². The second kappa shape index (κ2) is 11.2.